The molecule has 0 atom stereocenters. The van der Waals surface area contributed by atoms with Crippen LogP contribution in [0.2, 0.25) is 0 Å². The first kappa shape index (κ1) is 12.9. The van der Waals surface area contributed by atoms with E-state index in [0.29, 0.717) is 17.8 Å². The Morgan fingerprint density at radius 1 is 1.42 bits per heavy atom. The van der Waals surface area contributed by atoms with E-state index in [2.05, 4.69) is 25.7 Å². The molecule has 2 aromatic rings. The Balaban J connectivity index is 2.08. The van der Waals surface area contributed by atoms with Crippen molar-refractivity contribution in [3.8, 4) is 0 Å². The van der Waals surface area contributed by atoms with Crippen LogP contribution in [0.4, 0.5) is 5.69 Å². The van der Waals surface area contributed by atoms with Gasteiger partial charge < -0.3 is 10.7 Å². The summed E-state index contributed by atoms with van der Waals surface area (Å²) in [4.78, 5) is 23.9. The minimum Gasteiger partial charge on any atom is -0.346 e. The third-order valence-electron chi connectivity index (χ3n) is 2.51. The monoisotopic (exact) mass is 258 g/mol. The van der Waals surface area contributed by atoms with Gasteiger partial charge in [0.15, 0.2) is 0 Å². The summed E-state index contributed by atoms with van der Waals surface area (Å²) >= 11 is 0. The van der Waals surface area contributed by atoms with Gasteiger partial charge in [0.25, 0.3) is 5.91 Å². The molecule has 0 aromatic carbocycles. The average Bonchev–Trinajstić information content (AvgIpc) is 2.45. The average molecular weight is 258 g/mol. The van der Waals surface area contributed by atoms with Crippen LogP contribution in [0.1, 0.15) is 21.7 Å². The summed E-state index contributed by atoms with van der Waals surface area (Å²) in [5.74, 6) is 5.12. The molecule has 0 radical (unpaired) electrons. The first-order chi connectivity index (χ1) is 9.20. The van der Waals surface area contributed by atoms with E-state index in [1.165, 1.54) is 12.5 Å². The van der Waals surface area contributed by atoms with Crippen LogP contribution in [-0.2, 0) is 6.54 Å². The number of hydrogen-bond acceptors (Lipinski definition) is 6. The molecule has 98 valence electrons. The molecule has 0 spiro atoms. The van der Waals surface area contributed by atoms with E-state index >= 15 is 0 Å². The zero-order valence-corrected chi connectivity index (χ0v) is 10.4. The van der Waals surface area contributed by atoms with Gasteiger partial charge in [-0.25, -0.2) is 9.97 Å². The van der Waals surface area contributed by atoms with Crippen molar-refractivity contribution in [2.24, 2.45) is 5.84 Å². The molecular formula is C12H14N6O. The number of nitrogens with one attached hydrogen (secondary N) is 2. The molecular weight excluding hydrogens is 244 g/mol. The Morgan fingerprint density at radius 3 is 2.95 bits per heavy atom. The van der Waals surface area contributed by atoms with Gasteiger partial charge >= 0.3 is 0 Å². The van der Waals surface area contributed by atoms with Crippen LogP contribution in [-0.4, -0.2) is 20.9 Å². The second-order valence-electron chi connectivity index (χ2n) is 3.90. The molecule has 0 aliphatic heterocycles. The van der Waals surface area contributed by atoms with Gasteiger partial charge in [0.1, 0.15) is 6.33 Å². The third kappa shape index (κ3) is 3.23. The predicted octanol–water partition coefficient (Wildman–Crippen LogP) is 0.396. The van der Waals surface area contributed by atoms with Gasteiger partial charge in [0.05, 0.1) is 23.5 Å². The Labute approximate surface area is 110 Å². The fourth-order valence-electron chi connectivity index (χ4n) is 1.55. The molecule has 0 bridgehead atoms. The lowest BCUT2D eigenvalue weighted by Crippen LogP contribution is -2.25. The summed E-state index contributed by atoms with van der Waals surface area (Å²) < 4.78 is 0. The number of carbonyl (C=O) groups is 1. The molecule has 0 aliphatic rings. The molecule has 0 saturated carbocycles. The lowest BCUT2D eigenvalue weighted by molar-refractivity contribution is 0.0951. The molecule has 4 N–H and O–H groups in total. The first-order valence-corrected chi connectivity index (χ1v) is 5.67. The molecule has 2 rings (SSSR count). The minimum atomic E-state index is -0.265. The van der Waals surface area contributed by atoms with Crippen LogP contribution in [0.3, 0.4) is 0 Å². The summed E-state index contributed by atoms with van der Waals surface area (Å²) in [7, 11) is 0. The molecule has 7 nitrogen and oxygen atoms in total. The summed E-state index contributed by atoms with van der Waals surface area (Å²) in [6.07, 6.45) is 4.54. The summed E-state index contributed by atoms with van der Waals surface area (Å²) in [5, 5.41) is 2.74. The number of aromatic nitrogens is 3. The quantitative estimate of drug-likeness (QED) is 0.541. The van der Waals surface area contributed by atoms with Gasteiger partial charge in [-0.15, -0.1) is 0 Å². The Bertz CT molecular complexity index is 572. The zero-order chi connectivity index (χ0) is 13.7. The van der Waals surface area contributed by atoms with Crippen LogP contribution in [0.25, 0.3) is 0 Å². The first-order valence-electron chi connectivity index (χ1n) is 5.67. The zero-order valence-electron chi connectivity index (χ0n) is 10.4. The molecule has 7 heteroatoms. The standard InChI is InChI=1S/C12H14N6O/c1-8-4-11(18-13)10(6-15-8)12(19)16-5-9-2-3-14-7-17-9/h2-4,6-7H,5,13H2,1H3,(H,15,18)(H,16,19). The molecule has 0 fully saturated rings. The topological polar surface area (TPSA) is 106 Å². The van der Waals surface area contributed by atoms with Crippen molar-refractivity contribution >= 4 is 11.6 Å². The SMILES string of the molecule is Cc1cc(NN)c(C(=O)NCc2ccncn2)cn1. The van der Waals surface area contributed by atoms with Gasteiger partial charge in [-0.2, -0.15) is 0 Å². The van der Waals surface area contributed by atoms with E-state index in [4.69, 9.17) is 5.84 Å². The van der Waals surface area contributed by atoms with Gasteiger partial charge in [-0.05, 0) is 19.1 Å². The van der Waals surface area contributed by atoms with E-state index in [1.54, 1.807) is 18.3 Å². The Kier molecular flexibility index (Phi) is 3.99. The second kappa shape index (κ2) is 5.87. The number of carbonyl (C=O) groups excluding carboxylic acids is 1. The predicted molar refractivity (Wildman–Crippen MR) is 70.0 cm³/mol. The number of aryl methyl sites for hydroxylation is 1. The fourth-order valence-corrected chi connectivity index (χ4v) is 1.55. The lowest BCUT2D eigenvalue weighted by Gasteiger charge is -2.09. The van der Waals surface area contributed by atoms with Crippen LogP contribution < -0.4 is 16.6 Å². The van der Waals surface area contributed by atoms with E-state index in [-0.39, 0.29) is 5.91 Å². The van der Waals surface area contributed by atoms with Crippen molar-refractivity contribution in [2.75, 3.05) is 5.43 Å². The minimum absolute atomic E-state index is 0.265. The molecule has 2 heterocycles. The third-order valence-corrected chi connectivity index (χ3v) is 2.51. The van der Waals surface area contributed by atoms with Crippen molar-refractivity contribution in [3.05, 3.63) is 47.8 Å². The molecule has 0 aliphatic carbocycles. The van der Waals surface area contributed by atoms with E-state index in [9.17, 15) is 4.79 Å². The van der Waals surface area contributed by atoms with Crippen molar-refractivity contribution in [2.45, 2.75) is 13.5 Å². The fraction of sp³-hybridized carbons (Fsp3) is 0.167. The van der Waals surface area contributed by atoms with E-state index in [0.717, 1.165) is 11.4 Å². The maximum atomic E-state index is 12.0. The van der Waals surface area contributed by atoms with Crippen molar-refractivity contribution in [1.82, 2.24) is 20.3 Å². The summed E-state index contributed by atoms with van der Waals surface area (Å²) in [6.45, 7) is 2.14. The normalized spacial score (nSPS) is 10.0. The van der Waals surface area contributed by atoms with Gasteiger partial charge in [-0.3, -0.25) is 15.6 Å². The maximum Gasteiger partial charge on any atom is 0.255 e. The Morgan fingerprint density at radius 2 is 2.26 bits per heavy atom. The molecule has 0 unspecified atom stereocenters. The molecule has 19 heavy (non-hydrogen) atoms. The Hall–Kier alpha value is -2.54. The van der Waals surface area contributed by atoms with Gasteiger partial charge in [0, 0.05) is 18.1 Å². The largest absolute Gasteiger partial charge is 0.346 e. The molecule has 2 aromatic heterocycles. The van der Waals surface area contributed by atoms with Crippen molar-refractivity contribution in [3.63, 3.8) is 0 Å². The maximum absolute atomic E-state index is 12.0. The number of anilines is 1. The smallest absolute Gasteiger partial charge is 0.255 e. The van der Waals surface area contributed by atoms with Crippen LogP contribution in [0.15, 0.2) is 30.9 Å². The van der Waals surface area contributed by atoms with Crippen LogP contribution in [0.5, 0.6) is 0 Å². The van der Waals surface area contributed by atoms with Crippen molar-refractivity contribution < 1.29 is 4.79 Å². The molecule has 0 saturated heterocycles. The number of hydrazine groups is 1. The van der Waals surface area contributed by atoms with E-state index in [1.807, 2.05) is 6.92 Å². The number of rotatable bonds is 4. The number of amides is 1. The highest BCUT2D eigenvalue weighted by atomic mass is 16.1. The highest BCUT2D eigenvalue weighted by Gasteiger charge is 2.11. The number of nitrogens with zero attached hydrogens (tertiary/aromatic N) is 3. The highest BCUT2D eigenvalue weighted by molar-refractivity contribution is 5.99. The number of nitrogen functional groups attached to an aromatic ring is 1. The number of pyridine rings is 1. The summed E-state index contributed by atoms with van der Waals surface area (Å²) in [5.41, 5.74) is 4.92. The molecule has 1 amide bonds. The van der Waals surface area contributed by atoms with E-state index < -0.39 is 0 Å². The lowest BCUT2D eigenvalue weighted by atomic mass is 10.2. The van der Waals surface area contributed by atoms with Gasteiger partial charge in [-0.1, -0.05) is 0 Å². The summed E-state index contributed by atoms with van der Waals surface area (Å²) in [6, 6.07) is 3.44. The highest BCUT2D eigenvalue weighted by Crippen LogP contribution is 2.14. The van der Waals surface area contributed by atoms with Crippen LogP contribution >= 0.6 is 0 Å². The van der Waals surface area contributed by atoms with Crippen LogP contribution in [0, 0.1) is 6.92 Å². The number of hydrogen-bond donors (Lipinski definition) is 3. The van der Waals surface area contributed by atoms with Gasteiger partial charge in [0.2, 0.25) is 0 Å². The second-order valence-corrected chi connectivity index (χ2v) is 3.90. The number of nitrogens with two attached hydrogens (primary N) is 1. The van der Waals surface area contributed by atoms with Crippen molar-refractivity contribution in [1.29, 1.82) is 0 Å².